The molecule has 0 amide bonds. The van der Waals surface area contributed by atoms with E-state index in [0.717, 1.165) is 32.3 Å². The summed E-state index contributed by atoms with van der Waals surface area (Å²) in [5.41, 5.74) is 0.551. The zero-order valence-electron chi connectivity index (χ0n) is 13.7. The van der Waals surface area contributed by atoms with Gasteiger partial charge >= 0.3 is 6.16 Å². The van der Waals surface area contributed by atoms with Gasteiger partial charge in [-0.1, -0.05) is 54.6 Å². The molecule has 0 aliphatic heterocycles. The second-order valence-electron chi connectivity index (χ2n) is 5.86. The lowest BCUT2D eigenvalue weighted by molar-refractivity contribution is 0.0525. The standard InChI is InChI=1S/C21H16O4/c1-2-24-21(23)25-12-18(22)16-10-8-15-7-6-13-4-3-5-14-9-11-17(16)20(15)19(13)14/h3-11H,2,12H2,1H3. The first-order chi connectivity index (χ1) is 12.2. The van der Waals surface area contributed by atoms with Gasteiger partial charge in [-0.3, -0.25) is 4.79 Å². The summed E-state index contributed by atoms with van der Waals surface area (Å²) in [6.45, 7) is 1.57. The predicted octanol–water partition coefficient (Wildman–Crippen LogP) is 4.94. The fraction of sp³-hybridized carbons (Fsp3) is 0.143. The van der Waals surface area contributed by atoms with Crippen LogP contribution in [0.25, 0.3) is 32.3 Å². The van der Waals surface area contributed by atoms with Crippen LogP contribution < -0.4 is 0 Å². The van der Waals surface area contributed by atoms with E-state index < -0.39 is 6.16 Å². The minimum atomic E-state index is -0.825. The molecule has 4 heteroatoms. The molecule has 0 unspecified atom stereocenters. The Balaban J connectivity index is 1.82. The summed E-state index contributed by atoms with van der Waals surface area (Å²) in [7, 11) is 0. The zero-order chi connectivity index (χ0) is 17.4. The van der Waals surface area contributed by atoms with Crippen molar-refractivity contribution in [3.05, 3.63) is 60.2 Å². The molecule has 4 rings (SSSR count). The molecule has 0 aliphatic carbocycles. The van der Waals surface area contributed by atoms with Crippen molar-refractivity contribution in [2.24, 2.45) is 0 Å². The van der Waals surface area contributed by atoms with Crippen molar-refractivity contribution in [2.45, 2.75) is 6.92 Å². The molecule has 4 aromatic rings. The van der Waals surface area contributed by atoms with Crippen LogP contribution in [0.2, 0.25) is 0 Å². The topological polar surface area (TPSA) is 52.6 Å². The molecule has 0 aliphatic rings. The Morgan fingerprint density at radius 1 is 0.800 bits per heavy atom. The largest absolute Gasteiger partial charge is 0.508 e. The minimum absolute atomic E-state index is 0.214. The highest BCUT2D eigenvalue weighted by atomic mass is 16.7. The molecule has 0 heterocycles. The summed E-state index contributed by atoms with van der Waals surface area (Å²) in [6, 6.07) is 18.0. The van der Waals surface area contributed by atoms with Gasteiger partial charge in [0.05, 0.1) is 6.61 Å². The van der Waals surface area contributed by atoms with Crippen molar-refractivity contribution in [2.75, 3.05) is 13.2 Å². The number of ketones is 1. The number of ether oxygens (including phenoxy) is 2. The third-order valence-corrected chi connectivity index (χ3v) is 4.41. The highest BCUT2D eigenvalue weighted by Gasteiger charge is 2.16. The molecule has 0 saturated heterocycles. The van der Waals surface area contributed by atoms with E-state index in [4.69, 9.17) is 9.47 Å². The van der Waals surface area contributed by atoms with E-state index in [-0.39, 0.29) is 19.0 Å². The van der Waals surface area contributed by atoms with Crippen LogP contribution in [0, 0.1) is 0 Å². The molecule has 0 aromatic heterocycles. The fourth-order valence-corrected chi connectivity index (χ4v) is 3.34. The first-order valence-electron chi connectivity index (χ1n) is 8.18. The second-order valence-corrected chi connectivity index (χ2v) is 5.86. The summed E-state index contributed by atoms with van der Waals surface area (Å²) in [6.07, 6.45) is -0.825. The lowest BCUT2D eigenvalue weighted by atomic mass is 9.91. The molecule has 124 valence electrons. The van der Waals surface area contributed by atoms with Gasteiger partial charge in [-0.15, -0.1) is 0 Å². The van der Waals surface area contributed by atoms with Crippen LogP contribution in [0.4, 0.5) is 4.79 Å². The maximum Gasteiger partial charge on any atom is 0.508 e. The van der Waals surface area contributed by atoms with Gasteiger partial charge in [0.15, 0.2) is 6.61 Å². The van der Waals surface area contributed by atoms with E-state index >= 15 is 0 Å². The lowest BCUT2D eigenvalue weighted by Gasteiger charge is -2.13. The monoisotopic (exact) mass is 332 g/mol. The smallest absolute Gasteiger partial charge is 0.435 e. The van der Waals surface area contributed by atoms with Gasteiger partial charge in [-0.2, -0.15) is 0 Å². The summed E-state index contributed by atoms with van der Waals surface area (Å²) in [4.78, 5) is 23.9. The molecule has 0 bridgehead atoms. The Labute approximate surface area is 144 Å². The van der Waals surface area contributed by atoms with Gasteiger partial charge in [0.1, 0.15) is 0 Å². The number of carbonyl (C=O) groups excluding carboxylic acids is 2. The van der Waals surface area contributed by atoms with Gasteiger partial charge in [0, 0.05) is 5.56 Å². The molecule has 0 N–H and O–H groups in total. The fourth-order valence-electron chi connectivity index (χ4n) is 3.34. The van der Waals surface area contributed by atoms with Crippen LogP contribution in [-0.4, -0.2) is 25.2 Å². The molecule has 0 fully saturated rings. The van der Waals surface area contributed by atoms with Crippen LogP contribution in [0.3, 0.4) is 0 Å². The van der Waals surface area contributed by atoms with Gasteiger partial charge in [-0.25, -0.2) is 4.79 Å². The summed E-state index contributed by atoms with van der Waals surface area (Å²) in [5, 5.41) is 6.46. The van der Waals surface area contributed by atoms with Crippen molar-refractivity contribution < 1.29 is 19.1 Å². The molecule has 0 spiro atoms. The Bertz CT molecular complexity index is 1080. The number of carbonyl (C=O) groups is 2. The Morgan fingerprint density at radius 3 is 2.16 bits per heavy atom. The third-order valence-electron chi connectivity index (χ3n) is 4.41. The van der Waals surface area contributed by atoms with Crippen molar-refractivity contribution in [1.82, 2.24) is 0 Å². The average Bonchev–Trinajstić information content (AvgIpc) is 2.64. The zero-order valence-corrected chi connectivity index (χ0v) is 13.7. The molecule has 4 aromatic carbocycles. The van der Waals surface area contributed by atoms with Gasteiger partial charge in [-0.05, 0) is 39.2 Å². The van der Waals surface area contributed by atoms with E-state index in [9.17, 15) is 9.59 Å². The third kappa shape index (κ3) is 2.56. The Hall–Kier alpha value is -3.14. The Morgan fingerprint density at radius 2 is 1.44 bits per heavy atom. The van der Waals surface area contributed by atoms with E-state index in [1.165, 1.54) is 0 Å². The lowest BCUT2D eigenvalue weighted by Crippen LogP contribution is -2.15. The van der Waals surface area contributed by atoms with Gasteiger partial charge in [0.2, 0.25) is 5.78 Å². The number of Topliss-reactive ketones (excluding diaryl/α,β-unsaturated/α-hetero) is 1. The van der Waals surface area contributed by atoms with Crippen molar-refractivity contribution in [3.63, 3.8) is 0 Å². The van der Waals surface area contributed by atoms with Crippen molar-refractivity contribution >= 4 is 44.3 Å². The summed E-state index contributed by atoms with van der Waals surface area (Å²) in [5.74, 6) is -0.244. The average molecular weight is 332 g/mol. The first-order valence-corrected chi connectivity index (χ1v) is 8.18. The predicted molar refractivity (Wildman–Crippen MR) is 97.5 cm³/mol. The van der Waals surface area contributed by atoms with Crippen LogP contribution in [0.5, 0.6) is 0 Å². The SMILES string of the molecule is CCOC(=O)OCC(=O)c1ccc2ccc3cccc4ccc1c2c34. The van der Waals surface area contributed by atoms with Crippen LogP contribution in [0.15, 0.2) is 54.6 Å². The molecular weight excluding hydrogens is 316 g/mol. The first kappa shape index (κ1) is 15.4. The van der Waals surface area contributed by atoms with E-state index in [1.54, 1.807) is 13.0 Å². The number of benzene rings is 4. The number of hydrogen-bond acceptors (Lipinski definition) is 4. The molecule has 4 nitrogen and oxygen atoms in total. The minimum Gasteiger partial charge on any atom is -0.435 e. The summed E-state index contributed by atoms with van der Waals surface area (Å²) >= 11 is 0. The van der Waals surface area contributed by atoms with Crippen LogP contribution in [0.1, 0.15) is 17.3 Å². The van der Waals surface area contributed by atoms with E-state index in [0.29, 0.717) is 5.56 Å². The molecule has 0 radical (unpaired) electrons. The maximum atomic E-state index is 12.6. The molecule has 0 saturated carbocycles. The van der Waals surface area contributed by atoms with Gasteiger partial charge in [0.25, 0.3) is 0 Å². The Kier molecular flexibility index (Phi) is 3.73. The van der Waals surface area contributed by atoms with E-state index in [1.807, 2.05) is 24.3 Å². The summed E-state index contributed by atoms with van der Waals surface area (Å²) < 4.78 is 9.57. The highest BCUT2D eigenvalue weighted by molar-refractivity contribution is 6.26. The van der Waals surface area contributed by atoms with Crippen LogP contribution >= 0.6 is 0 Å². The van der Waals surface area contributed by atoms with E-state index in [2.05, 4.69) is 24.3 Å². The second kappa shape index (κ2) is 6.06. The number of hydrogen-bond donors (Lipinski definition) is 0. The van der Waals surface area contributed by atoms with Crippen LogP contribution in [-0.2, 0) is 9.47 Å². The van der Waals surface area contributed by atoms with Crippen molar-refractivity contribution in [3.8, 4) is 0 Å². The number of rotatable bonds is 4. The molecule has 0 atom stereocenters. The quantitative estimate of drug-likeness (QED) is 0.302. The normalized spacial score (nSPS) is 11.2. The molecular formula is C21H16O4. The maximum absolute atomic E-state index is 12.6. The highest BCUT2D eigenvalue weighted by Crippen LogP contribution is 2.35. The molecule has 25 heavy (non-hydrogen) atoms. The van der Waals surface area contributed by atoms with Crippen molar-refractivity contribution in [1.29, 1.82) is 0 Å². The van der Waals surface area contributed by atoms with Gasteiger partial charge < -0.3 is 9.47 Å².